The van der Waals surface area contributed by atoms with E-state index in [-0.39, 0.29) is 5.41 Å². The first-order chi connectivity index (χ1) is 13.9. The van der Waals surface area contributed by atoms with Crippen LogP contribution in [-0.4, -0.2) is 32.0 Å². The number of pyridine rings is 1. The van der Waals surface area contributed by atoms with Crippen molar-refractivity contribution in [2.45, 2.75) is 53.1 Å². The van der Waals surface area contributed by atoms with Gasteiger partial charge in [0.2, 0.25) is 5.89 Å². The van der Waals surface area contributed by atoms with Gasteiger partial charge in [-0.3, -0.25) is 4.57 Å². The van der Waals surface area contributed by atoms with Crippen LogP contribution in [0.25, 0.3) is 5.82 Å². The molecule has 0 radical (unpaired) electrons. The number of aromatic nitrogens is 4. The van der Waals surface area contributed by atoms with Gasteiger partial charge in [-0.05, 0) is 25.5 Å². The van der Waals surface area contributed by atoms with Crippen LogP contribution in [0.15, 0.2) is 46.3 Å². The highest BCUT2D eigenvalue weighted by atomic mass is 16.4. The second-order valence-corrected chi connectivity index (χ2v) is 7.79. The summed E-state index contributed by atoms with van der Waals surface area (Å²) in [7, 11) is 0. The molecule has 154 valence electrons. The summed E-state index contributed by atoms with van der Waals surface area (Å²) in [5, 5.41) is 6.50. The lowest BCUT2D eigenvalue weighted by Crippen LogP contribution is -2.36. The van der Waals surface area contributed by atoms with Gasteiger partial charge >= 0.3 is 0 Å². The van der Waals surface area contributed by atoms with Crippen LogP contribution in [0.5, 0.6) is 0 Å². The molecule has 8 heteroatoms. The first-order valence-electron chi connectivity index (χ1n) is 9.79. The third-order valence-corrected chi connectivity index (χ3v) is 4.35. The van der Waals surface area contributed by atoms with Crippen molar-refractivity contribution in [3.05, 3.63) is 60.0 Å². The normalized spacial score (nSPS) is 12.2. The molecule has 0 atom stereocenters. The van der Waals surface area contributed by atoms with Crippen LogP contribution in [-0.2, 0) is 18.5 Å². The molecule has 0 aliphatic rings. The van der Waals surface area contributed by atoms with E-state index in [9.17, 15) is 0 Å². The number of aliphatic imine (C=N–C) groups is 1. The fourth-order valence-electron chi connectivity index (χ4n) is 2.68. The Bertz CT molecular complexity index is 948. The number of nitrogens with zero attached hydrogens (tertiary/aromatic N) is 5. The van der Waals surface area contributed by atoms with Gasteiger partial charge in [-0.1, -0.05) is 26.8 Å². The fraction of sp³-hybridized carbons (Fsp3) is 0.429. The van der Waals surface area contributed by atoms with E-state index in [0.717, 1.165) is 29.5 Å². The average Bonchev–Trinajstić information content (AvgIpc) is 3.33. The predicted octanol–water partition coefficient (Wildman–Crippen LogP) is 3.12. The van der Waals surface area contributed by atoms with Crippen LogP contribution in [0.1, 0.15) is 50.7 Å². The monoisotopic (exact) mass is 395 g/mol. The topological polar surface area (TPSA) is 93.2 Å². The minimum Gasteiger partial charge on any atom is -0.443 e. The summed E-state index contributed by atoms with van der Waals surface area (Å²) >= 11 is 0. The van der Waals surface area contributed by atoms with E-state index in [1.807, 2.05) is 42.9 Å². The summed E-state index contributed by atoms with van der Waals surface area (Å²) in [4.78, 5) is 17.7. The number of hydrogen-bond acceptors (Lipinski definition) is 5. The van der Waals surface area contributed by atoms with E-state index in [2.05, 4.69) is 51.3 Å². The molecule has 3 aromatic rings. The molecule has 3 heterocycles. The van der Waals surface area contributed by atoms with Crippen molar-refractivity contribution in [3.63, 3.8) is 0 Å². The number of imidazole rings is 1. The zero-order valence-electron chi connectivity index (χ0n) is 17.7. The van der Waals surface area contributed by atoms with Crippen molar-refractivity contribution in [3.8, 4) is 5.82 Å². The van der Waals surface area contributed by atoms with Gasteiger partial charge in [-0.15, -0.1) is 0 Å². The minimum absolute atomic E-state index is 0.0573. The molecule has 0 unspecified atom stereocenters. The van der Waals surface area contributed by atoms with E-state index in [1.165, 1.54) is 0 Å². The van der Waals surface area contributed by atoms with Crippen LogP contribution in [0.3, 0.4) is 0 Å². The molecule has 0 aliphatic carbocycles. The van der Waals surface area contributed by atoms with Crippen molar-refractivity contribution >= 4 is 5.96 Å². The zero-order chi connectivity index (χ0) is 20.9. The van der Waals surface area contributed by atoms with Gasteiger partial charge in [0.1, 0.15) is 17.4 Å². The maximum Gasteiger partial charge on any atom is 0.213 e. The lowest BCUT2D eigenvalue weighted by atomic mass is 9.94. The molecule has 2 N–H and O–H groups in total. The summed E-state index contributed by atoms with van der Waals surface area (Å²) < 4.78 is 7.77. The van der Waals surface area contributed by atoms with Crippen LogP contribution < -0.4 is 10.6 Å². The van der Waals surface area contributed by atoms with Crippen molar-refractivity contribution in [2.75, 3.05) is 6.54 Å². The Balaban J connectivity index is 1.61. The molecule has 29 heavy (non-hydrogen) atoms. The maximum atomic E-state index is 5.82. The Morgan fingerprint density at radius 3 is 2.55 bits per heavy atom. The van der Waals surface area contributed by atoms with Crippen molar-refractivity contribution in [1.82, 2.24) is 30.2 Å². The van der Waals surface area contributed by atoms with Gasteiger partial charge in [0.15, 0.2) is 5.96 Å². The number of rotatable bonds is 6. The Morgan fingerprint density at radius 2 is 1.97 bits per heavy atom. The number of oxazole rings is 1. The standard InChI is InChI=1S/C21H29N7O/c1-6-22-20(27-14-19-25-13-17(29-19)21(3,4)5)26-12-16-7-8-18(24-11-16)28-10-9-23-15(28)2/h7-11,13H,6,12,14H2,1-5H3,(H2,22,26,27). The third kappa shape index (κ3) is 5.43. The molecule has 0 spiro atoms. The Morgan fingerprint density at radius 1 is 1.14 bits per heavy atom. The van der Waals surface area contributed by atoms with Gasteiger partial charge in [-0.2, -0.15) is 0 Å². The minimum atomic E-state index is -0.0573. The number of aryl methyl sites for hydroxylation is 1. The van der Waals surface area contributed by atoms with Crippen molar-refractivity contribution in [1.29, 1.82) is 0 Å². The number of hydrogen-bond donors (Lipinski definition) is 2. The molecule has 0 saturated carbocycles. The summed E-state index contributed by atoms with van der Waals surface area (Å²) in [6.45, 7) is 12.0. The summed E-state index contributed by atoms with van der Waals surface area (Å²) in [5.74, 6) is 3.97. The molecule has 0 bridgehead atoms. The molecular formula is C21H29N7O. The highest BCUT2D eigenvalue weighted by Gasteiger charge is 2.19. The SMILES string of the molecule is CCNC(=NCc1ccc(-n2ccnc2C)nc1)NCc1ncc(C(C)(C)C)o1. The maximum absolute atomic E-state index is 5.82. The Kier molecular flexibility index (Phi) is 6.31. The fourth-order valence-corrected chi connectivity index (χ4v) is 2.68. The smallest absolute Gasteiger partial charge is 0.213 e. The van der Waals surface area contributed by atoms with Gasteiger partial charge in [0.25, 0.3) is 0 Å². The van der Waals surface area contributed by atoms with Crippen molar-refractivity contribution < 1.29 is 4.42 Å². The molecule has 0 aliphatic heterocycles. The van der Waals surface area contributed by atoms with Crippen molar-refractivity contribution in [2.24, 2.45) is 4.99 Å². The van der Waals surface area contributed by atoms with Crippen LogP contribution in [0.4, 0.5) is 0 Å². The van der Waals surface area contributed by atoms with Crippen LogP contribution >= 0.6 is 0 Å². The summed E-state index contributed by atoms with van der Waals surface area (Å²) in [6.07, 6.45) is 7.29. The second-order valence-electron chi connectivity index (χ2n) is 7.79. The largest absolute Gasteiger partial charge is 0.443 e. The molecule has 0 saturated heterocycles. The zero-order valence-corrected chi connectivity index (χ0v) is 17.7. The summed E-state index contributed by atoms with van der Waals surface area (Å²) in [6, 6.07) is 4.00. The lowest BCUT2D eigenvalue weighted by molar-refractivity contribution is 0.379. The van der Waals surface area contributed by atoms with E-state index >= 15 is 0 Å². The van der Waals surface area contributed by atoms with E-state index in [0.29, 0.717) is 24.9 Å². The Hall–Kier alpha value is -3.16. The van der Waals surface area contributed by atoms with Gasteiger partial charge in [-0.25, -0.2) is 19.9 Å². The highest BCUT2D eigenvalue weighted by molar-refractivity contribution is 5.79. The third-order valence-electron chi connectivity index (χ3n) is 4.35. The van der Waals surface area contributed by atoms with Gasteiger partial charge < -0.3 is 15.1 Å². The van der Waals surface area contributed by atoms with E-state index in [1.54, 1.807) is 12.4 Å². The predicted molar refractivity (Wildman–Crippen MR) is 113 cm³/mol. The van der Waals surface area contributed by atoms with E-state index in [4.69, 9.17) is 4.42 Å². The van der Waals surface area contributed by atoms with Gasteiger partial charge in [0, 0.05) is 30.6 Å². The molecule has 8 nitrogen and oxygen atoms in total. The molecule has 0 fully saturated rings. The molecule has 3 rings (SSSR count). The second kappa shape index (κ2) is 8.89. The lowest BCUT2D eigenvalue weighted by Gasteiger charge is -2.13. The first-order valence-corrected chi connectivity index (χ1v) is 9.79. The molecule has 0 aromatic carbocycles. The highest BCUT2D eigenvalue weighted by Crippen LogP contribution is 2.22. The van der Waals surface area contributed by atoms with Gasteiger partial charge in [0.05, 0.1) is 19.3 Å². The number of nitrogens with one attached hydrogen (secondary N) is 2. The average molecular weight is 396 g/mol. The summed E-state index contributed by atoms with van der Waals surface area (Å²) in [5.41, 5.74) is 0.966. The quantitative estimate of drug-likeness (QED) is 0.492. The van der Waals surface area contributed by atoms with E-state index < -0.39 is 0 Å². The van der Waals surface area contributed by atoms with Crippen LogP contribution in [0, 0.1) is 6.92 Å². The molecule has 0 amide bonds. The molecular weight excluding hydrogens is 366 g/mol. The molecule has 3 aromatic heterocycles. The van der Waals surface area contributed by atoms with Crippen LogP contribution in [0.2, 0.25) is 0 Å². The first kappa shape index (κ1) is 20.6. The number of guanidine groups is 1. The Labute approximate surface area is 171 Å².